The van der Waals surface area contributed by atoms with Gasteiger partial charge in [0.15, 0.2) is 6.20 Å². The lowest BCUT2D eigenvalue weighted by atomic mass is 9.93. The van der Waals surface area contributed by atoms with Crippen LogP contribution in [0.15, 0.2) is 12.3 Å². The Labute approximate surface area is 110 Å². The van der Waals surface area contributed by atoms with Gasteiger partial charge in [-0.3, -0.25) is 0 Å². The molecule has 0 amide bonds. The minimum absolute atomic E-state index is 0.0700. The van der Waals surface area contributed by atoms with Gasteiger partial charge in [0.25, 0.3) is 0 Å². The molecule has 1 fully saturated rings. The smallest absolute Gasteiger partial charge is 0.364 e. The third-order valence-corrected chi connectivity index (χ3v) is 3.30. The van der Waals surface area contributed by atoms with E-state index in [9.17, 15) is 20.0 Å². The molecular formula is C12H15N3O4. The second kappa shape index (κ2) is 4.49. The number of hydrogen-bond acceptors (Lipinski definition) is 5. The number of aromatic carboxylic acids is 1. The first-order chi connectivity index (χ1) is 8.80. The van der Waals surface area contributed by atoms with Gasteiger partial charge in [0, 0.05) is 13.1 Å². The summed E-state index contributed by atoms with van der Waals surface area (Å²) in [6.07, 6.45) is 2.23. The Bertz CT molecular complexity index is 542. The van der Waals surface area contributed by atoms with Gasteiger partial charge in [-0.2, -0.15) is 0 Å². The van der Waals surface area contributed by atoms with E-state index >= 15 is 0 Å². The number of aromatic nitrogens is 1. The fourth-order valence-electron chi connectivity index (χ4n) is 2.28. The van der Waals surface area contributed by atoms with Crippen molar-refractivity contribution in [1.29, 1.82) is 0 Å². The number of nitro groups is 1. The molecule has 0 bridgehead atoms. The minimum Gasteiger partial charge on any atom is -0.478 e. The van der Waals surface area contributed by atoms with E-state index in [1.165, 1.54) is 6.20 Å². The molecule has 0 atom stereocenters. The zero-order valence-corrected chi connectivity index (χ0v) is 10.8. The topological polar surface area (TPSA) is 96.6 Å². The Hall–Kier alpha value is -2.18. The van der Waals surface area contributed by atoms with Crippen LogP contribution in [-0.2, 0) is 0 Å². The molecule has 1 aliphatic rings. The van der Waals surface area contributed by atoms with Crippen molar-refractivity contribution < 1.29 is 14.8 Å². The molecule has 102 valence electrons. The lowest BCUT2D eigenvalue weighted by Crippen LogP contribution is -2.25. The highest BCUT2D eigenvalue weighted by Crippen LogP contribution is 2.34. The predicted molar refractivity (Wildman–Crippen MR) is 68.5 cm³/mol. The Morgan fingerprint density at radius 3 is 2.74 bits per heavy atom. The van der Waals surface area contributed by atoms with Crippen molar-refractivity contribution in [2.45, 2.75) is 20.3 Å². The molecule has 0 saturated carbocycles. The van der Waals surface area contributed by atoms with Crippen molar-refractivity contribution in [3.8, 4) is 0 Å². The van der Waals surface area contributed by atoms with Crippen LogP contribution in [0, 0.1) is 15.5 Å². The summed E-state index contributed by atoms with van der Waals surface area (Å²) in [6.45, 7) is 5.65. The van der Waals surface area contributed by atoms with Crippen molar-refractivity contribution >= 4 is 17.5 Å². The SMILES string of the molecule is CC1(C)CCN(c2cnc([N+](=O)[O-])cc2C(=O)O)C1. The lowest BCUT2D eigenvalue weighted by Gasteiger charge is -2.21. The van der Waals surface area contributed by atoms with E-state index in [1.54, 1.807) is 0 Å². The summed E-state index contributed by atoms with van der Waals surface area (Å²) in [5.41, 5.74) is 0.487. The summed E-state index contributed by atoms with van der Waals surface area (Å²) >= 11 is 0. The van der Waals surface area contributed by atoms with Crippen molar-refractivity contribution in [2.75, 3.05) is 18.0 Å². The highest BCUT2D eigenvalue weighted by atomic mass is 16.6. The van der Waals surface area contributed by atoms with Gasteiger partial charge in [-0.15, -0.1) is 0 Å². The van der Waals surface area contributed by atoms with Crippen molar-refractivity contribution in [1.82, 2.24) is 4.98 Å². The molecule has 7 nitrogen and oxygen atoms in total. The molecule has 7 heteroatoms. The first kappa shape index (κ1) is 13.3. The maximum Gasteiger partial charge on any atom is 0.364 e. The van der Waals surface area contributed by atoms with E-state index in [0.29, 0.717) is 12.2 Å². The standard InChI is InChI=1S/C12H15N3O4/c1-12(2)3-4-14(7-12)9-6-13-10(15(18)19)5-8(9)11(16)17/h5-6H,3-4,7H2,1-2H3,(H,16,17). The summed E-state index contributed by atoms with van der Waals surface area (Å²) in [5.74, 6) is -1.62. The van der Waals surface area contributed by atoms with Crippen LogP contribution >= 0.6 is 0 Å². The zero-order valence-electron chi connectivity index (χ0n) is 10.8. The third kappa shape index (κ3) is 2.64. The molecule has 1 N–H and O–H groups in total. The fourth-order valence-corrected chi connectivity index (χ4v) is 2.28. The van der Waals surface area contributed by atoms with Gasteiger partial charge in [-0.25, -0.2) is 4.79 Å². The highest BCUT2D eigenvalue weighted by Gasteiger charge is 2.32. The predicted octanol–water partition coefficient (Wildman–Crippen LogP) is 1.92. The van der Waals surface area contributed by atoms with Crippen LogP contribution in [-0.4, -0.2) is 34.1 Å². The Morgan fingerprint density at radius 1 is 1.58 bits per heavy atom. The van der Waals surface area contributed by atoms with Crippen LogP contribution in [0.1, 0.15) is 30.6 Å². The average molecular weight is 265 g/mol. The number of carboxylic acid groups (broad SMARTS) is 1. The average Bonchev–Trinajstić information content (AvgIpc) is 2.68. The molecular weight excluding hydrogens is 250 g/mol. The number of nitrogens with zero attached hydrogens (tertiary/aromatic N) is 3. The quantitative estimate of drug-likeness (QED) is 0.662. The van der Waals surface area contributed by atoms with Gasteiger partial charge in [0.05, 0.1) is 17.3 Å². The maximum absolute atomic E-state index is 11.2. The summed E-state index contributed by atoms with van der Waals surface area (Å²) < 4.78 is 0. The summed E-state index contributed by atoms with van der Waals surface area (Å²) in [4.78, 5) is 26.8. The molecule has 1 saturated heterocycles. The second-order valence-corrected chi connectivity index (χ2v) is 5.46. The van der Waals surface area contributed by atoms with Gasteiger partial charge >= 0.3 is 11.8 Å². The molecule has 2 rings (SSSR count). The van der Waals surface area contributed by atoms with Crippen LogP contribution in [0.2, 0.25) is 0 Å². The maximum atomic E-state index is 11.2. The monoisotopic (exact) mass is 265 g/mol. The lowest BCUT2D eigenvalue weighted by molar-refractivity contribution is -0.389. The Balaban J connectivity index is 2.41. The van der Waals surface area contributed by atoms with E-state index in [-0.39, 0.29) is 11.0 Å². The third-order valence-electron chi connectivity index (χ3n) is 3.30. The minimum atomic E-state index is -1.18. The molecule has 19 heavy (non-hydrogen) atoms. The normalized spacial score (nSPS) is 17.5. The van der Waals surface area contributed by atoms with Crippen LogP contribution in [0.5, 0.6) is 0 Å². The largest absolute Gasteiger partial charge is 0.478 e. The number of carboxylic acids is 1. The van der Waals surface area contributed by atoms with E-state index in [4.69, 9.17) is 0 Å². The van der Waals surface area contributed by atoms with Crippen molar-refractivity contribution in [3.05, 3.63) is 27.9 Å². The van der Waals surface area contributed by atoms with Gasteiger partial charge in [-0.1, -0.05) is 13.8 Å². The van der Waals surface area contributed by atoms with Gasteiger partial charge in [0.1, 0.15) is 0 Å². The number of anilines is 1. The van der Waals surface area contributed by atoms with Crippen LogP contribution in [0.25, 0.3) is 0 Å². The van der Waals surface area contributed by atoms with Crippen molar-refractivity contribution in [3.63, 3.8) is 0 Å². The second-order valence-electron chi connectivity index (χ2n) is 5.46. The van der Waals surface area contributed by atoms with Gasteiger partial charge in [-0.05, 0) is 21.7 Å². The first-order valence-electron chi connectivity index (χ1n) is 5.93. The highest BCUT2D eigenvalue weighted by molar-refractivity contribution is 5.94. The number of rotatable bonds is 3. The summed E-state index contributed by atoms with van der Waals surface area (Å²) in [5, 5.41) is 19.8. The van der Waals surface area contributed by atoms with Crippen LogP contribution in [0.3, 0.4) is 0 Å². The zero-order chi connectivity index (χ0) is 14.2. The molecule has 0 aliphatic carbocycles. The molecule has 1 aromatic rings. The molecule has 2 heterocycles. The van der Waals surface area contributed by atoms with E-state index in [2.05, 4.69) is 18.8 Å². The summed E-state index contributed by atoms with van der Waals surface area (Å²) in [7, 11) is 0. The molecule has 0 spiro atoms. The van der Waals surface area contributed by atoms with E-state index < -0.39 is 16.7 Å². The first-order valence-corrected chi connectivity index (χ1v) is 5.93. The summed E-state index contributed by atoms with van der Waals surface area (Å²) in [6, 6.07) is 1.02. The van der Waals surface area contributed by atoms with Crippen LogP contribution in [0.4, 0.5) is 11.5 Å². The van der Waals surface area contributed by atoms with E-state index in [1.807, 2.05) is 4.90 Å². The van der Waals surface area contributed by atoms with Gasteiger partial charge < -0.3 is 20.1 Å². The molecule has 1 aromatic heterocycles. The van der Waals surface area contributed by atoms with E-state index in [0.717, 1.165) is 19.0 Å². The number of carbonyl (C=O) groups is 1. The number of pyridine rings is 1. The number of hydrogen-bond donors (Lipinski definition) is 1. The Morgan fingerprint density at radius 2 is 2.26 bits per heavy atom. The van der Waals surface area contributed by atoms with Crippen molar-refractivity contribution in [2.24, 2.45) is 5.41 Å². The fraction of sp³-hybridized carbons (Fsp3) is 0.500. The van der Waals surface area contributed by atoms with Crippen LogP contribution < -0.4 is 4.90 Å². The molecule has 0 unspecified atom stereocenters. The molecule has 0 radical (unpaired) electrons. The Kier molecular flexibility index (Phi) is 3.13. The van der Waals surface area contributed by atoms with Gasteiger partial charge in [0.2, 0.25) is 0 Å². The molecule has 0 aromatic carbocycles. The molecule has 1 aliphatic heterocycles.